The van der Waals surface area contributed by atoms with Crippen LogP contribution in [0.4, 0.5) is 0 Å². The van der Waals surface area contributed by atoms with Crippen LogP contribution >= 0.6 is 0 Å². The summed E-state index contributed by atoms with van der Waals surface area (Å²) in [5.74, 6) is -0.0801. The molecule has 1 heterocycles. The van der Waals surface area contributed by atoms with Gasteiger partial charge < -0.3 is 10.0 Å². The highest BCUT2D eigenvalue weighted by Gasteiger charge is 2.53. The quantitative estimate of drug-likeness (QED) is 0.679. The largest absolute Gasteiger partial charge is 0.383 e. The van der Waals surface area contributed by atoms with Crippen molar-refractivity contribution in [3.05, 3.63) is 35.4 Å². The van der Waals surface area contributed by atoms with Crippen molar-refractivity contribution in [3.8, 4) is 6.07 Å². The number of nitriles is 1. The number of piperidine rings is 1. The van der Waals surface area contributed by atoms with Crippen molar-refractivity contribution in [2.75, 3.05) is 20.1 Å². The minimum Gasteiger partial charge on any atom is -0.383 e. The number of aliphatic hydroxyl groups is 1. The van der Waals surface area contributed by atoms with E-state index >= 15 is 0 Å². The first-order valence-corrected chi connectivity index (χ1v) is 6.68. The molecule has 1 aliphatic heterocycles. The van der Waals surface area contributed by atoms with Crippen molar-refractivity contribution in [2.45, 2.75) is 18.4 Å². The molecule has 0 aromatic heterocycles. The molecule has 2 N–H and O–H groups in total. The van der Waals surface area contributed by atoms with Gasteiger partial charge in [-0.05, 0) is 24.0 Å². The molecule has 0 spiro atoms. The molecule has 0 radical (unpaired) electrons. The van der Waals surface area contributed by atoms with Gasteiger partial charge in [-0.1, -0.05) is 24.3 Å². The Kier molecular flexibility index (Phi) is 2.65. The normalized spacial score (nSPS) is 38.4. The molecule has 1 saturated heterocycles. The average molecular weight is 243 g/mol. The molecule has 1 aromatic rings. The lowest BCUT2D eigenvalue weighted by Gasteiger charge is -2.48. The Labute approximate surface area is 108 Å². The first-order chi connectivity index (χ1) is 8.66. The van der Waals surface area contributed by atoms with Gasteiger partial charge in [-0.3, -0.25) is 0 Å². The zero-order valence-corrected chi connectivity index (χ0v) is 10.7. The topological polar surface area (TPSA) is 48.5 Å². The van der Waals surface area contributed by atoms with Crippen molar-refractivity contribution in [1.82, 2.24) is 0 Å². The average Bonchev–Trinajstić information content (AvgIpc) is 2.39. The summed E-state index contributed by atoms with van der Waals surface area (Å²) in [5, 5.41) is 20.6. The fourth-order valence-corrected chi connectivity index (χ4v) is 3.78. The van der Waals surface area contributed by atoms with E-state index in [4.69, 9.17) is 0 Å². The van der Waals surface area contributed by atoms with Crippen LogP contribution in [-0.2, 0) is 12.0 Å². The molecule has 3 heteroatoms. The minimum atomic E-state index is -0.927. The van der Waals surface area contributed by atoms with Crippen LogP contribution in [-0.4, -0.2) is 25.2 Å². The number of hydrogen-bond acceptors (Lipinski definition) is 2. The Hall–Kier alpha value is -1.37. The van der Waals surface area contributed by atoms with Crippen molar-refractivity contribution < 1.29 is 10.0 Å². The lowest BCUT2D eigenvalue weighted by molar-refractivity contribution is -0.896. The van der Waals surface area contributed by atoms with Gasteiger partial charge in [0, 0.05) is 5.92 Å². The zero-order chi connectivity index (χ0) is 12.8. The van der Waals surface area contributed by atoms with Gasteiger partial charge >= 0.3 is 0 Å². The third kappa shape index (κ3) is 1.50. The summed E-state index contributed by atoms with van der Waals surface area (Å²) in [7, 11) is 2.12. The maximum atomic E-state index is 11.2. The maximum absolute atomic E-state index is 11.2. The summed E-state index contributed by atoms with van der Waals surface area (Å²) in [6.45, 7) is 1.70. The van der Waals surface area contributed by atoms with Gasteiger partial charge in [-0.2, -0.15) is 5.26 Å². The van der Waals surface area contributed by atoms with Crippen molar-refractivity contribution in [2.24, 2.45) is 11.8 Å². The third-order valence-corrected chi connectivity index (χ3v) is 4.67. The van der Waals surface area contributed by atoms with Crippen LogP contribution in [0.2, 0.25) is 0 Å². The van der Waals surface area contributed by atoms with E-state index in [1.165, 1.54) is 10.5 Å². The molecule has 1 aromatic carbocycles. The van der Waals surface area contributed by atoms with Crippen molar-refractivity contribution in [3.63, 3.8) is 0 Å². The van der Waals surface area contributed by atoms with E-state index in [9.17, 15) is 10.4 Å². The minimum absolute atomic E-state index is 0.214. The Morgan fingerprint density at radius 1 is 1.39 bits per heavy atom. The SMILES string of the molecule is C[NH+]1C[C@@H]2CCc3ccccc3[C@]2(O)[C@H](C#N)C1. The predicted octanol–water partition coefficient (Wildman–Crippen LogP) is 0.105. The highest BCUT2D eigenvalue weighted by atomic mass is 16.3. The maximum Gasteiger partial charge on any atom is 0.128 e. The first kappa shape index (κ1) is 11.7. The van der Waals surface area contributed by atoms with Gasteiger partial charge in [-0.15, -0.1) is 0 Å². The summed E-state index contributed by atoms with van der Waals surface area (Å²) in [6, 6.07) is 10.4. The second kappa shape index (κ2) is 4.08. The van der Waals surface area contributed by atoms with Crippen LogP contribution in [0.3, 0.4) is 0 Å². The molecule has 0 saturated carbocycles. The second-order valence-corrected chi connectivity index (χ2v) is 5.77. The number of nitrogens with one attached hydrogen (secondary N) is 1. The van der Waals surface area contributed by atoms with E-state index in [0.717, 1.165) is 31.5 Å². The van der Waals surface area contributed by atoms with Crippen LogP contribution in [0, 0.1) is 23.2 Å². The fraction of sp³-hybridized carbons (Fsp3) is 0.533. The van der Waals surface area contributed by atoms with E-state index in [1.807, 2.05) is 18.2 Å². The monoisotopic (exact) mass is 243 g/mol. The number of nitrogens with zero attached hydrogens (tertiary/aromatic N) is 1. The number of quaternary nitrogens is 1. The fourth-order valence-electron chi connectivity index (χ4n) is 3.78. The van der Waals surface area contributed by atoms with E-state index < -0.39 is 5.60 Å². The smallest absolute Gasteiger partial charge is 0.128 e. The highest BCUT2D eigenvalue weighted by molar-refractivity contribution is 5.37. The van der Waals surface area contributed by atoms with E-state index in [0.29, 0.717) is 0 Å². The number of aryl methyl sites for hydroxylation is 1. The van der Waals surface area contributed by atoms with Gasteiger partial charge in [-0.25, -0.2) is 0 Å². The summed E-state index contributed by atoms with van der Waals surface area (Å²) in [6.07, 6.45) is 2.01. The molecule has 1 aliphatic carbocycles. The van der Waals surface area contributed by atoms with Crippen LogP contribution in [0.1, 0.15) is 17.5 Å². The molecular weight excluding hydrogens is 224 g/mol. The molecule has 0 amide bonds. The van der Waals surface area contributed by atoms with Crippen LogP contribution in [0.15, 0.2) is 24.3 Å². The summed E-state index contributed by atoms with van der Waals surface area (Å²) in [4.78, 5) is 1.36. The summed E-state index contributed by atoms with van der Waals surface area (Å²) >= 11 is 0. The molecular formula is C15H19N2O+. The Balaban J connectivity index is 2.12. The van der Waals surface area contributed by atoms with Gasteiger partial charge in [0.1, 0.15) is 11.5 Å². The Morgan fingerprint density at radius 3 is 2.94 bits per heavy atom. The number of benzene rings is 1. The van der Waals surface area contributed by atoms with Crippen molar-refractivity contribution >= 4 is 0 Å². The van der Waals surface area contributed by atoms with Gasteiger partial charge in [0.2, 0.25) is 0 Å². The Bertz CT molecular complexity index is 507. The number of fused-ring (bicyclic) bond motifs is 3. The lowest BCUT2D eigenvalue weighted by atomic mass is 9.63. The molecule has 1 fully saturated rings. The van der Waals surface area contributed by atoms with Crippen molar-refractivity contribution in [1.29, 1.82) is 5.26 Å². The van der Waals surface area contributed by atoms with Gasteiger partial charge in [0.05, 0.1) is 26.2 Å². The first-order valence-electron chi connectivity index (χ1n) is 6.68. The molecule has 2 aliphatic rings. The number of rotatable bonds is 0. The lowest BCUT2D eigenvalue weighted by Crippen LogP contribution is -3.12. The van der Waals surface area contributed by atoms with Crippen LogP contribution < -0.4 is 4.90 Å². The van der Waals surface area contributed by atoms with Gasteiger partial charge in [0.15, 0.2) is 0 Å². The second-order valence-electron chi connectivity index (χ2n) is 5.77. The van der Waals surface area contributed by atoms with E-state index in [1.54, 1.807) is 0 Å². The van der Waals surface area contributed by atoms with Gasteiger partial charge in [0.25, 0.3) is 0 Å². The summed E-state index contributed by atoms with van der Waals surface area (Å²) in [5.41, 5.74) is 1.29. The number of likely N-dealkylation sites (tertiary alicyclic amines) is 1. The van der Waals surface area contributed by atoms with E-state index in [2.05, 4.69) is 19.2 Å². The Morgan fingerprint density at radius 2 is 2.17 bits per heavy atom. The molecule has 0 bridgehead atoms. The van der Waals surface area contributed by atoms with Crippen LogP contribution in [0.25, 0.3) is 0 Å². The highest BCUT2D eigenvalue weighted by Crippen LogP contribution is 2.45. The zero-order valence-electron chi connectivity index (χ0n) is 10.7. The molecule has 1 unspecified atom stereocenters. The molecule has 3 rings (SSSR count). The number of hydrogen-bond donors (Lipinski definition) is 2. The summed E-state index contributed by atoms with van der Waals surface area (Å²) < 4.78 is 0. The standard InChI is InChI=1S/C15H18N2O/c1-17-9-12-7-6-11-4-2-3-5-14(11)15(12,18)13(8-16)10-17/h2-5,12-13,18H,6-7,9-10H2,1H3/p+1/t12-,13+,15+/m0/s1. The predicted molar refractivity (Wildman–Crippen MR) is 67.9 cm³/mol. The third-order valence-electron chi connectivity index (χ3n) is 4.67. The molecule has 94 valence electrons. The molecule has 4 atom stereocenters. The van der Waals surface area contributed by atoms with E-state index in [-0.39, 0.29) is 11.8 Å². The molecule has 3 nitrogen and oxygen atoms in total. The molecule has 18 heavy (non-hydrogen) atoms. The van der Waals surface area contributed by atoms with Crippen LogP contribution in [0.5, 0.6) is 0 Å².